The third-order valence-corrected chi connectivity index (χ3v) is 5.43. The van der Waals surface area contributed by atoms with Crippen molar-refractivity contribution in [1.29, 1.82) is 0 Å². The molecule has 1 aliphatic heterocycles. The molecule has 22 heavy (non-hydrogen) atoms. The fraction of sp³-hybridized carbons (Fsp3) is 0.294. The topological polar surface area (TPSA) is 36.1 Å². The van der Waals surface area contributed by atoms with E-state index in [4.69, 9.17) is 12.2 Å². The van der Waals surface area contributed by atoms with Crippen LogP contribution in [0.25, 0.3) is 0 Å². The zero-order chi connectivity index (χ0) is 15.4. The summed E-state index contributed by atoms with van der Waals surface area (Å²) in [6.45, 7) is 1.64. The Kier molecular flexibility index (Phi) is 4.95. The van der Waals surface area contributed by atoms with E-state index < -0.39 is 0 Å². The van der Waals surface area contributed by atoms with Crippen molar-refractivity contribution in [3.63, 3.8) is 0 Å². The van der Waals surface area contributed by atoms with Crippen molar-refractivity contribution >= 4 is 29.9 Å². The van der Waals surface area contributed by atoms with Crippen LogP contribution in [0.2, 0.25) is 0 Å². The van der Waals surface area contributed by atoms with E-state index in [9.17, 15) is 4.79 Å². The molecule has 114 valence electrons. The lowest BCUT2D eigenvalue weighted by Gasteiger charge is -2.16. The summed E-state index contributed by atoms with van der Waals surface area (Å²) in [6.07, 6.45) is 2.82. The molecule has 2 heterocycles. The van der Waals surface area contributed by atoms with Crippen LogP contribution >= 0.6 is 24.0 Å². The van der Waals surface area contributed by atoms with Gasteiger partial charge in [0.25, 0.3) is 5.91 Å². The van der Waals surface area contributed by atoms with Crippen LogP contribution in [0.15, 0.2) is 53.6 Å². The van der Waals surface area contributed by atoms with Gasteiger partial charge in [-0.25, -0.2) is 0 Å². The van der Waals surface area contributed by atoms with Crippen LogP contribution < -0.4 is 0 Å². The number of benzene rings is 1. The summed E-state index contributed by atoms with van der Waals surface area (Å²) in [5.41, 5.74) is 0.605. The lowest BCUT2D eigenvalue weighted by molar-refractivity contribution is 0.0787. The second kappa shape index (κ2) is 7.11. The number of rotatable bonds is 4. The van der Waals surface area contributed by atoms with Crippen molar-refractivity contribution in [1.82, 2.24) is 9.88 Å². The van der Waals surface area contributed by atoms with E-state index >= 15 is 0 Å². The standard InChI is InChI=1S/C17H18N2OS2/c20-17(15-7-4-9-18-16(15)21)19-10-8-13(11-19)12-22-14-5-2-1-3-6-14/h1-7,9,13H,8,10-12H2,(H,18,21). The molecule has 3 rings (SSSR count). The Morgan fingerprint density at radius 2 is 2.09 bits per heavy atom. The van der Waals surface area contributed by atoms with Crippen LogP contribution in [0.5, 0.6) is 0 Å². The Bertz CT molecular complexity index is 699. The van der Waals surface area contributed by atoms with E-state index in [1.165, 1.54) is 4.90 Å². The number of pyridine rings is 1. The van der Waals surface area contributed by atoms with Crippen molar-refractivity contribution in [2.45, 2.75) is 11.3 Å². The maximum atomic E-state index is 12.5. The van der Waals surface area contributed by atoms with Crippen LogP contribution in [-0.4, -0.2) is 34.6 Å². The molecule has 1 unspecified atom stereocenters. The number of aromatic amines is 1. The zero-order valence-corrected chi connectivity index (χ0v) is 13.8. The molecule has 1 aromatic heterocycles. The van der Waals surface area contributed by atoms with Gasteiger partial charge in [-0.3, -0.25) is 4.79 Å². The van der Waals surface area contributed by atoms with E-state index in [0.717, 1.165) is 25.3 Å². The summed E-state index contributed by atoms with van der Waals surface area (Å²) >= 11 is 7.07. The third-order valence-electron chi connectivity index (χ3n) is 3.85. The van der Waals surface area contributed by atoms with Gasteiger partial charge in [-0.1, -0.05) is 30.4 Å². The fourth-order valence-corrected chi connectivity index (χ4v) is 3.92. The summed E-state index contributed by atoms with van der Waals surface area (Å²) in [5.74, 6) is 1.65. The number of hydrogen-bond donors (Lipinski definition) is 1. The summed E-state index contributed by atoms with van der Waals surface area (Å²) < 4.78 is 0.523. The lowest BCUT2D eigenvalue weighted by atomic mass is 10.2. The van der Waals surface area contributed by atoms with Gasteiger partial charge < -0.3 is 9.88 Å². The molecule has 5 heteroatoms. The summed E-state index contributed by atoms with van der Waals surface area (Å²) in [6, 6.07) is 14.0. The number of nitrogens with one attached hydrogen (secondary N) is 1. The highest BCUT2D eigenvalue weighted by Gasteiger charge is 2.27. The largest absolute Gasteiger partial charge is 0.352 e. The van der Waals surface area contributed by atoms with Crippen molar-refractivity contribution in [3.8, 4) is 0 Å². The first-order valence-electron chi connectivity index (χ1n) is 7.39. The van der Waals surface area contributed by atoms with Gasteiger partial charge in [0.05, 0.1) is 5.56 Å². The first kappa shape index (κ1) is 15.3. The molecule has 1 atom stereocenters. The molecule has 1 amide bonds. The summed E-state index contributed by atoms with van der Waals surface area (Å²) in [4.78, 5) is 18.7. The van der Waals surface area contributed by atoms with Crippen LogP contribution in [0, 0.1) is 10.6 Å². The molecule has 0 saturated carbocycles. The molecule has 0 radical (unpaired) electrons. The van der Waals surface area contributed by atoms with E-state index in [2.05, 4.69) is 29.2 Å². The van der Waals surface area contributed by atoms with Crippen LogP contribution in [0.4, 0.5) is 0 Å². The van der Waals surface area contributed by atoms with Gasteiger partial charge in [-0.15, -0.1) is 11.8 Å². The van der Waals surface area contributed by atoms with E-state index in [1.807, 2.05) is 28.8 Å². The van der Waals surface area contributed by atoms with Gasteiger partial charge in [0.2, 0.25) is 0 Å². The van der Waals surface area contributed by atoms with Gasteiger partial charge in [0, 0.05) is 29.9 Å². The number of thioether (sulfide) groups is 1. The maximum Gasteiger partial charge on any atom is 0.256 e. The number of carbonyl (C=O) groups is 1. The second-order valence-electron chi connectivity index (χ2n) is 5.44. The first-order valence-corrected chi connectivity index (χ1v) is 8.78. The van der Waals surface area contributed by atoms with Crippen LogP contribution in [0.1, 0.15) is 16.8 Å². The minimum atomic E-state index is 0.0501. The number of carbonyl (C=O) groups excluding carboxylic acids is 1. The normalized spacial score (nSPS) is 17.6. The molecule has 0 bridgehead atoms. The monoisotopic (exact) mass is 330 g/mol. The second-order valence-corrected chi connectivity index (χ2v) is 6.94. The SMILES string of the molecule is O=C(c1ccc[nH]c1=S)N1CCC(CSc2ccccc2)C1. The smallest absolute Gasteiger partial charge is 0.256 e. The molecule has 2 aromatic rings. The number of H-pyrrole nitrogens is 1. The molecule has 3 nitrogen and oxygen atoms in total. The minimum Gasteiger partial charge on any atom is -0.352 e. The predicted molar refractivity (Wildman–Crippen MR) is 92.8 cm³/mol. The Morgan fingerprint density at radius 1 is 1.27 bits per heavy atom. The summed E-state index contributed by atoms with van der Waals surface area (Å²) in [5, 5.41) is 0. The number of nitrogens with zero attached hydrogens (tertiary/aromatic N) is 1. The number of aromatic nitrogens is 1. The minimum absolute atomic E-state index is 0.0501. The van der Waals surface area contributed by atoms with Crippen molar-refractivity contribution in [2.24, 2.45) is 5.92 Å². The highest BCUT2D eigenvalue weighted by molar-refractivity contribution is 7.99. The molecule has 1 saturated heterocycles. The summed E-state index contributed by atoms with van der Waals surface area (Å²) in [7, 11) is 0. The van der Waals surface area contributed by atoms with Gasteiger partial charge in [-0.2, -0.15) is 0 Å². The van der Waals surface area contributed by atoms with Crippen LogP contribution in [-0.2, 0) is 0 Å². The Labute approximate surface area is 139 Å². The van der Waals surface area contributed by atoms with Gasteiger partial charge in [0.1, 0.15) is 4.64 Å². The van der Waals surface area contributed by atoms with E-state index in [1.54, 1.807) is 12.3 Å². The van der Waals surface area contributed by atoms with E-state index in [0.29, 0.717) is 16.1 Å². The molecular formula is C17H18N2OS2. The first-order chi connectivity index (χ1) is 10.7. The molecular weight excluding hydrogens is 312 g/mol. The predicted octanol–water partition coefficient (Wildman–Crippen LogP) is 4.00. The van der Waals surface area contributed by atoms with Crippen molar-refractivity contribution in [2.75, 3.05) is 18.8 Å². The number of likely N-dealkylation sites (tertiary alicyclic amines) is 1. The maximum absolute atomic E-state index is 12.5. The molecule has 1 aromatic carbocycles. The van der Waals surface area contributed by atoms with Crippen molar-refractivity contribution in [3.05, 3.63) is 58.9 Å². The molecule has 1 fully saturated rings. The average molecular weight is 330 g/mol. The fourth-order valence-electron chi connectivity index (χ4n) is 2.64. The van der Waals surface area contributed by atoms with Gasteiger partial charge >= 0.3 is 0 Å². The van der Waals surface area contributed by atoms with E-state index in [-0.39, 0.29) is 5.91 Å². The quantitative estimate of drug-likeness (QED) is 0.680. The lowest BCUT2D eigenvalue weighted by Crippen LogP contribution is -2.29. The molecule has 1 aliphatic rings. The number of hydrogen-bond acceptors (Lipinski definition) is 3. The Balaban J connectivity index is 1.57. The Morgan fingerprint density at radius 3 is 2.86 bits per heavy atom. The molecule has 0 spiro atoms. The Hall–Kier alpha value is -1.59. The van der Waals surface area contributed by atoms with Gasteiger partial charge in [0.15, 0.2) is 0 Å². The number of amides is 1. The highest BCUT2D eigenvalue weighted by Crippen LogP contribution is 2.26. The highest BCUT2D eigenvalue weighted by atomic mass is 32.2. The third kappa shape index (κ3) is 3.59. The average Bonchev–Trinajstić information content (AvgIpc) is 3.03. The molecule has 1 N–H and O–H groups in total. The molecule has 0 aliphatic carbocycles. The van der Waals surface area contributed by atoms with Gasteiger partial charge in [-0.05, 0) is 36.6 Å². The van der Waals surface area contributed by atoms with Crippen LogP contribution in [0.3, 0.4) is 0 Å². The zero-order valence-electron chi connectivity index (χ0n) is 12.2. The van der Waals surface area contributed by atoms with Crippen molar-refractivity contribution < 1.29 is 4.79 Å².